The highest BCUT2D eigenvalue weighted by atomic mass is 35.5. The molecule has 32 heavy (non-hydrogen) atoms. The van der Waals surface area contributed by atoms with E-state index in [4.69, 9.17) is 30.9 Å². The summed E-state index contributed by atoms with van der Waals surface area (Å²) in [6, 6.07) is 16.8. The summed E-state index contributed by atoms with van der Waals surface area (Å²) in [4.78, 5) is 15.4. The second kappa shape index (κ2) is 8.58. The highest BCUT2D eigenvalue weighted by Gasteiger charge is 2.41. The highest BCUT2D eigenvalue weighted by Crippen LogP contribution is 2.33. The Morgan fingerprint density at radius 1 is 1.06 bits per heavy atom. The van der Waals surface area contributed by atoms with Crippen LogP contribution in [0.5, 0.6) is 5.75 Å². The van der Waals surface area contributed by atoms with Gasteiger partial charge in [-0.05, 0) is 42.5 Å². The summed E-state index contributed by atoms with van der Waals surface area (Å²) >= 11 is 6.46. The average Bonchev–Trinajstić information content (AvgIpc) is 3.47. The molecule has 3 heterocycles. The van der Waals surface area contributed by atoms with Crippen LogP contribution in [0.4, 0.5) is 0 Å². The van der Waals surface area contributed by atoms with Crippen LogP contribution in [-0.4, -0.2) is 59.8 Å². The molecule has 1 spiro atoms. The van der Waals surface area contributed by atoms with Crippen LogP contribution >= 0.6 is 11.6 Å². The van der Waals surface area contributed by atoms with E-state index in [1.54, 1.807) is 17.9 Å². The van der Waals surface area contributed by atoms with Crippen LogP contribution in [0.1, 0.15) is 23.3 Å². The van der Waals surface area contributed by atoms with Crippen molar-refractivity contribution in [2.24, 2.45) is 0 Å². The third-order valence-electron chi connectivity index (χ3n) is 6.02. The molecule has 3 aromatic rings. The molecule has 2 aliphatic rings. The lowest BCUT2D eigenvalue weighted by molar-refractivity contribution is -0.181. The number of ether oxygens (including phenoxy) is 3. The Hall–Kier alpha value is -2.87. The number of carbonyl (C=O) groups excluding carboxylic acids is 1. The van der Waals surface area contributed by atoms with Gasteiger partial charge in [-0.2, -0.15) is 5.10 Å². The van der Waals surface area contributed by atoms with Crippen LogP contribution in [0.2, 0.25) is 5.02 Å². The predicted molar refractivity (Wildman–Crippen MR) is 120 cm³/mol. The molecule has 0 radical (unpaired) electrons. The Balaban J connectivity index is 1.49. The lowest BCUT2D eigenvalue weighted by atomic mass is 10.0. The molecule has 0 atom stereocenters. The van der Waals surface area contributed by atoms with Crippen LogP contribution in [-0.2, 0) is 9.47 Å². The van der Waals surface area contributed by atoms with Gasteiger partial charge in [0.2, 0.25) is 0 Å². The summed E-state index contributed by atoms with van der Waals surface area (Å²) in [7, 11) is 1.63. The average molecular weight is 454 g/mol. The van der Waals surface area contributed by atoms with E-state index in [0.717, 1.165) is 11.3 Å². The van der Waals surface area contributed by atoms with Crippen LogP contribution in [0.3, 0.4) is 0 Å². The molecule has 2 saturated heterocycles. The maximum absolute atomic E-state index is 13.6. The molecule has 166 valence electrons. The molecule has 0 unspecified atom stereocenters. The first kappa shape index (κ1) is 21.0. The van der Waals surface area contributed by atoms with Gasteiger partial charge in [0, 0.05) is 31.5 Å². The Morgan fingerprint density at radius 3 is 2.41 bits per heavy atom. The lowest BCUT2D eigenvalue weighted by Crippen LogP contribution is -2.47. The van der Waals surface area contributed by atoms with Crippen molar-refractivity contribution in [2.45, 2.75) is 18.6 Å². The van der Waals surface area contributed by atoms with Crippen molar-refractivity contribution in [2.75, 3.05) is 33.4 Å². The monoisotopic (exact) mass is 453 g/mol. The second-order valence-corrected chi connectivity index (χ2v) is 8.31. The molecule has 2 aromatic carbocycles. The number of amides is 1. The molecule has 0 N–H and O–H groups in total. The molecule has 7 nitrogen and oxygen atoms in total. The zero-order valence-electron chi connectivity index (χ0n) is 17.8. The van der Waals surface area contributed by atoms with Crippen LogP contribution in [0.15, 0.2) is 54.6 Å². The van der Waals surface area contributed by atoms with E-state index in [0.29, 0.717) is 61.2 Å². The summed E-state index contributed by atoms with van der Waals surface area (Å²) in [5.41, 5.74) is 2.70. The van der Waals surface area contributed by atoms with E-state index in [-0.39, 0.29) is 5.91 Å². The number of para-hydroxylation sites is 1. The molecule has 5 rings (SSSR count). The molecule has 8 heteroatoms. The largest absolute Gasteiger partial charge is 0.497 e. The summed E-state index contributed by atoms with van der Waals surface area (Å²) < 4.78 is 18.5. The van der Waals surface area contributed by atoms with Crippen molar-refractivity contribution in [1.82, 2.24) is 14.7 Å². The normalized spacial score (nSPS) is 17.6. The van der Waals surface area contributed by atoms with Crippen molar-refractivity contribution in [3.63, 3.8) is 0 Å². The molecule has 2 fully saturated rings. The van der Waals surface area contributed by atoms with E-state index < -0.39 is 5.79 Å². The van der Waals surface area contributed by atoms with E-state index in [9.17, 15) is 4.79 Å². The third kappa shape index (κ3) is 3.88. The molecule has 0 aliphatic carbocycles. The van der Waals surface area contributed by atoms with Crippen molar-refractivity contribution in [3.05, 3.63) is 65.3 Å². The smallest absolute Gasteiger partial charge is 0.272 e. The van der Waals surface area contributed by atoms with Crippen LogP contribution in [0.25, 0.3) is 16.9 Å². The van der Waals surface area contributed by atoms with Gasteiger partial charge in [-0.1, -0.05) is 23.7 Å². The van der Waals surface area contributed by atoms with Gasteiger partial charge in [-0.15, -0.1) is 0 Å². The number of benzene rings is 2. The maximum Gasteiger partial charge on any atom is 0.272 e. The summed E-state index contributed by atoms with van der Waals surface area (Å²) in [6.45, 7) is 2.34. The number of hydrogen-bond acceptors (Lipinski definition) is 5. The molecule has 0 bridgehead atoms. The fourth-order valence-electron chi connectivity index (χ4n) is 4.24. The minimum atomic E-state index is -0.534. The number of likely N-dealkylation sites (tertiary alicyclic amines) is 1. The van der Waals surface area contributed by atoms with Gasteiger partial charge in [0.15, 0.2) is 5.79 Å². The van der Waals surface area contributed by atoms with Crippen molar-refractivity contribution >= 4 is 17.5 Å². The lowest BCUT2D eigenvalue weighted by Gasteiger charge is -2.37. The van der Waals surface area contributed by atoms with E-state index in [1.165, 1.54) is 0 Å². The second-order valence-electron chi connectivity index (χ2n) is 7.91. The Bertz CT molecular complexity index is 1110. The van der Waals surface area contributed by atoms with Crippen LogP contribution in [0, 0.1) is 0 Å². The van der Waals surface area contributed by atoms with Crippen molar-refractivity contribution < 1.29 is 19.0 Å². The van der Waals surface area contributed by atoms with Gasteiger partial charge in [0.05, 0.1) is 36.7 Å². The molecule has 0 saturated carbocycles. The standard InChI is InChI=1S/C24H24ClN3O4/c1-30-18-8-6-17(7-9-18)20-16-22(28(26-20)21-5-3-2-4-19(21)25)23(29)27-12-10-24(11-13-27)31-14-15-32-24/h2-9,16H,10-15H2,1H3. The molecular formula is C24H24ClN3O4. The van der Waals surface area contributed by atoms with Gasteiger partial charge in [-0.25, -0.2) is 4.68 Å². The quantitative estimate of drug-likeness (QED) is 0.593. The summed E-state index contributed by atoms with van der Waals surface area (Å²) in [6.07, 6.45) is 1.31. The number of piperidine rings is 1. The molecular weight excluding hydrogens is 430 g/mol. The minimum absolute atomic E-state index is 0.0926. The number of aromatic nitrogens is 2. The van der Waals surface area contributed by atoms with Gasteiger partial charge < -0.3 is 19.1 Å². The van der Waals surface area contributed by atoms with E-state index in [2.05, 4.69) is 0 Å². The van der Waals surface area contributed by atoms with Crippen molar-refractivity contribution in [1.29, 1.82) is 0 Å². The first-order valence-electron chi connectivity index (χ1n) is 10.7. The number of carbonyl (C=O) groups is 1. The topological polar surface area (TPSA) is 65.8 Å². The summed E-state index contributed by atoms with van der Waals surface area (Å²) in [5, 5.41) is 5.27. The maximum atomic E-state index is 13.6. The number of rotatable bonds is 4. The number of halogens is 1. The predicted octanol–water partition coefficient (Wildman–Crippen LogP) is 4.18. The first-order valence-corrected chi connectivity index (χ1v) is 11.0. The molecule has 1 amide bonds. The fraction of sp³-hybridized carbons (Fsp3) is 0.333. The van der Waals surface area contributed by atoms with Gasteiger partial charge in [-0.3, -0.25) is 4.79 Å². The zero-order valence-corrected chi connectivity index (χ0v) is 18.5. The van der Waals surface area contributed by atoms with Gasteiger partial charge in [0.25, 0.3) is 5.91 Å². The first-order chi connectivity index (χ1) is 15.6. The summed E-state index contributed by atoms with van der Waals surface area (Å²) in [5.74, 6) is 0.132. The SMILES string of the molecule is COc1ccc(-c2cc(C(=O)N3CCC4(CC3)OCCO4)n(-c3ccccc3Cl)n2)cc1. The zero-order chi connectivity index (χ0) is 22.1. The number of hydrogen-bond donors (Lipinski definition) is 0. The van der Waals surface area contributed by atoms with Gasteiger partial charge >= 0.3 is 0 Å². The Labute approximate surface area is 191 Å². The third-order valence-corrected chi connectivity index (χ3v) is 6.34. The van der Waals surface area contributed by atoms with E-state index >= 15 is 0 Å². The number of nitrogens with zero attached hydrogens (tertiary/aromatic N) is 3. The fourth-order valence-corrected chi connectivity index (χ4v) is 4.46. The Morgan fingerprint density at radius 2 is 1.75 bits per heavy atom. The number of methoxy groups -OCH3 is 1. The van der Waals surface area contributed by atoms with Gasteiger partial charge in [0.1, 0.15) is 11.4 Å². The van der Waals surface area contributed by atoms with Crippen molar-refractivity contribution in [3.8, 4) is 22.7 Å². The molecule has 1 aromatic heterocycles. The highest BCUT2D eigenvalue weighted by molar-refractivity contribution is 6.32. The van der Waals surface area contributed by atoms with E-state index in [1.807, 2.05) is 53.4 Å². The Kier molecular flexibility index (Phi) is 5.63. The minimum Gasteiger partial charge on any atom is -0.497 e. The van der Waals surface area contributed by atoms with Crippen LogP contribution < -0.4 is 4.74 Å². The molecule has 2 aliphatic heterocycles.